The third kappa shape index (κ3) is 5.42. The van der Waals surface area contributed by atoms with Gasteiger partial charge in [-0.1, -0.05) is 30.3 Å². The second kappa shape index (κ2) is 8.45. The fraction of sp³-hybridized carbons (Fsp3) is 0.136. The Bertz CT molecular complexity index is 1160. The number of nitrogens with one attached hydrogen (secondary N) is 2. The van der Waals surface area contributed by atoms with Crippen molar-refractivity contribution < 1.29 is 17.6 Å². The molecular formula is C22H21FN2O3S. The minimum atomic E-state index is -3.83. The van der Waals surface area contributed by atoms with Crippen molar-refractivity contribution in [3.05, 3.63) is 89.2 Å². The van der Waals surface area contributed by atoms with Crippen molar-refractivity contribution in [1.82, 2.24) is 0 Å². The number of benzene rings is 3. The normalized spacial score (nSPS) is 11.1. The maximum Gasteiger partial charge on any atom is 0.262 e. The molecule has 7 heteroatoms. The van der Waals surface area contributed by atoms with Crippen LogP contribution in [0.4, 0.5) is 15.8 Å². The summed E-state index contributed by atoms with van der Waals surface area (Å²) in [6, 6.07) is 17.5. The van der Waals surface area contributed by atoms with Gasteiger partial charge in [-0.3, -0.25) is 9.52 Å². The zero-order chi connectivity index (χ0) is 21.0. The van der Waals surface area contributed by atoms with Gasteiger partial charge in [0.25, 0.3) is 10.0 Å². The molecule has 3 rings (SSSR count). The molecule has 3 aromatic rings. The molecule has 29 heavy (non-hydrogen) atoms. The van der Waals surface area contributed by atoms with Crippen LogP contribution in [0.1, 0.15) is 16.7 Å². The number of hydrogen-bond acceptors (Lipinski definition) is 3. The van der Waals surface area contributed by atoms with Crippen molar-refractivity contribution in [3.8, 4) is 0 Å². The number of halogens is 1. The number of hydrogen-bond donors (Lipinski definition) is 2. The van der Waals surface area contributed by atoms with E-state index in [4.69, 9.17) is 0 Å². The van der Waals surface area contributed by atoms with Crippen molar-refractivity contribution >= 4 is 27.3 Å². The monoisotopic (exact) mass is 412 g/mol. The van der Waals surface area contributed by atoms with Gasteiger partial charge < -0.3 is 5.32 Å². The Kier molecular flexibility index (Phi) is 5.98. The summed E-state index contributed by atoms with van der Waals surface area (Å²) in [5.41, 5.74) is 2.82. The molecule has 0 spiro atoms. The minimum Gasteiger partial charge on any atom is -0.326 e. The van der Waals surface area contributed by atoms with Crippen LogP contribution in [0.15, 0.2) is 71.6 Å². The van der Waals surface area contributed by atoms with E-state index in [1.54, 1.807) is 43.3 Å². The first kappa shape index (κ1) is 20.5. The molecule has 0 saturated heterocycles. The number of amides is 1. The van der Waals surface area contributed by atoms with E-state index in [9.17, 15) is 17.6 Å². The average molecular weight is 412 g/mol. The van der Waals surface area contributed by atoms with Crippen LogP contribution < -0.4 is 10.0 Å². The molecule has 0 atom stereocenters. The van der Waals surface area contributed by atoms with Crippen molar-refractivity contribution in [3.63, 3.8) is 0 Å². The van der Waals surface area contributed by atoms with Crippen LogP contribution >= 0.6 is 0 Å². The van der Waals surface area contributed by atoms with Gasteiger partial charge in [-0.25, -0.2) is 12.8 Å². The van der Waals surface area contributed by atoms with E-state index >= 15 is 0 Å². The number of rotatable bonds is 6. The molecule has 2 N–H and O–H groups in total. The molecule has 3 aromatic carbocycles. The van der Waals surface area contributed by atoms with Crippen molar-refractivity contribution in [2.24, 2.45) is 0 Å². The molecule has 0 aliphatic heterocycles. The topological polar surface area (TPSA) is 75.3 Å². The lowest BCUT2D eigenvalue weighted by molar-refractivity contribution is -0.115. The third-order valence-electron chi connectivity index (χ3n) is 4.29. The fourth-order valence-electron chi connectivity index (χ4n) is 2.92. The molecule has 0 fully saturated rings. The highest BCUT2D eigenvalue weighted by molar-refractivity contribution is 7.92. The molecule has 0 aliphatic carbocycles. The summed E-state index contributed by atoms with van der Waals surface area (Å²) in [4.78, 5) is 12.3. The van der Waals surface area contributed by atoms with Crippen molar-refractivity contribution in [2.45, 2.75) is 25.2 Å². The largest absolute Gasteiger partial charge is 0.326 e. The highest BCUT2D eigenvalue weighted by Crippen LogP contribution is 2.23. The molecule has 0 aromatic heterocycles. The van der Waals surface area contributed by atoms with Crippen LogP contribution in [0.25, 0.3) is 0 Å². The number of sulfonamides is 1. The van der Waals surface area contributed by atoms with E-state index in [0.717, 1.165) is 5.56 Å². The van der Waals surface area contributed by atoms with E-state index in [1.807, 2.05) is 13.0 Å². The summed E-state index contributed by atoms with van der Waals surface area (Å²) in [6.45, 7) is 3.56. The lowest BCUT2D eigenvalue weighted by Gasteiger charge is -2.13. The van der Waals surface area contributed by atoms with E-state index < -0.39 is 15.8 Å². The molecule has 1 amide bonds. The molecule has 0 saturated carbocycles. The Hall–Kier alpha value is -3.19. The van der Waals surface area contributed by atoms with Crippen LogP contribution in [-0.2, 0) is 21.2 Å². The highest BCUT2D eigenvalue weighted by atomic mass is 32.2. The summed E-state index contributed by atoms with van der Waals surface area (Å²) >= 11 is 0. The second-order valence-electron chi connectivity index (χ2n) is 6.81. The van der Waals surface area contributed by atoms with E-state index in [2.05, 4.69) is 10.0 Å². The SMILES string of the molecule is Cc1cccc(NS(=O)(=O)c2cc(NC(=O)Cc3cccc(F)c3)ccc2C)c1. The van der Waals surface area contributed by atoms with Gasteiger partial charge in [0, 0.05) is 11.4 Å². The Morgan fingerprint density at radius 2 is 1.69 bits per heavy atom. The van der Waals surface area contributed by atoms with Gasteiger partial charge >= 0.3 is 0 Å². The van der Waals surface area contributed by atoms with Crippen LogP contribution in [0.5, 0.6) is 0 Å². The van der Waals surface area contributed by atoms with Crippen LogP contribution in [0.3, 0.4) is 0 Å². The number of aryl methyl sites for hydroxylation is 2. The van der Waals surface area contributed by atoms with Gasteiger partial charge in [0.1, 0.15) is 5.82 Å². The Labute approximate surface area is 169 Å². The molecule has 0 bridgehead atoms. The minimum absolute atomic E-state index is 0.0186. The standard InChI is InChI=1S/C22H21FN2O3S/c1-15-5-3-8-20(11-15)25-29(27,28)21-14-19(10-9-16(21)2)24-22(26)13-17-6-4-7-18(23)12-17/h3-12,14,25H,13H2,1-2H3,(H,24,26). The van der Waals surface area contributed by atoms with Crippen LogP contribution in [0, 0.1) is 19.7 Å². The lowest BCUT2D eigenvalue weighted by Crippen LogP contribution is -2.17. The second-order valence-corrected chi connectivity index (χ2v) is 8.46. The van der Waals surface area contributed by atoms with Crippen molar-refractivity contribution in [1.29, 1.82) is 0 Å². The Morgan fingerprint density at radius 1 is 0.931 bits per heavy atom. The summed E-state index contributed by atoms with van der Waals surface area (Å²) in [5.74, 6) is -0.782. The fourth-order valence-corrected chi connectivity index (χ4v) is 4.24. The average Bonchev–Trinajstić information content (AvgIpc) is 2.63. The predicted molar refractivity (Wildman–Crippen MR) is 112 cm³/mol. The number of carbonyl (C=O) groups excluding carboxylic acids is 1. The summed E-state index contributed by atoms with van der Waals surface area (Å²) in [7, 11) is -3.83. The summed E-state index contributed by atoms with van der Waals surface area (Å²) in [6.07, 6.45) is -0.0186. The van der Waals surface area contributed by atoms with Gasteiger partial charge in [0.2, 0.25) is 5.91 Å². The molecular weight excluding hydrogens is 391 g/mol. The van der Waals surface area contributed by atoms with Gasteiger partial charge in [-0.2, -0.15) is 0 Å². The maximum atomic E-state index is 13.3. The van der Waals surface area contributed by atoms with E-state index in [-0.39, 0.29) is 17.2 Å². The molecule has 0 aliphatic rings. The van der Waals surface area contributed by atoms with E-state index in [0.29, 0.717) is 22.5 Å². The summed E-state index contributed by atoms with van der Waals surface area (Å²) in [5, 5.41) is 2.67. The molecule has 150 valence electrons. The van der Waals surface area contributed by atoms with Crippen LogP contribution in [-0.4, -0.2) is 14.3 Å². The third-order valence-corrected chi connectivity index (χ3v) is 5.81. The first-order chi connectivity index (χ1) is 13.7. The maximum absolute atomic E-state index is 13.3. The molecule has 0 unspecified atom stereocenters. The molecule has 0 heterocycles. The van der Waals surface area contributed by atoms with E-state index in [1.165, 1.54) is 24.3 Å². The zero-order valence-electron chi connectivity index (χ0n) is 16.1. The first-order valence-electron chi connectivity index (χ1n) is 8.97. The molecule has 0 radical (unpaired) electrons. The Balaban J connectivity index is 1.79. The van der Waals surface area contributed by atoms with Gasteiger partial charge in [-0.05, 0) is 66.9 Å². The number of anilines is 2. The lowest BCUT2D eigenvalue weighted by atomic mass is 10.1. The van der Waals surface area contributed by atoms with Gasteiger partial charge in [0.05, 0.1) is 11.3 Å². The van der Waals surface area contributed by atoms with Crippen molar-refractivity contribution in [2.75, 3.05) is 10.0 Å². The molecule has 5 nitrogen and oxygen atoms in total. The quantitative estimate of drug-likeness (QED) is 0.629. The predicted octanol–water partition coefficient (Wildman–Crippen LogP) is 4.42. The smallest absolute Gasteiger partial charge is 0.262 e. The van der Waals surface area contributed by atoms with Gasteiger partial charge in [0.15, 0.2) is 0 Å². The highest BCUT2D eigenvalue weighted by Gasteiger charge is 2.18. The summed E-state index contributed by atoms with van der Waals surface area (Å²) < 4.78 is 41.5. The zero-order valence-corrected chi connectivity index (χ0v) is 16.9. The van der Waals surface area contributed by atoms with Crippen LogP contribution in [0.2, 0.25) is 0 Å². The van der Waals surface area contributed by atoms with Gasteiger partial charge in [-0.15, -0.1) is 0 Å². The first-order valence-corrected chi connectivity index (χ1v) is 10.5. The number of carbonyl (C=O) groups is 1. The Morgan fingerprint density at radius 3 is 2.41 bits per heavy atom.